The first kappa shape index (κ1) is 15.1. The molecule has 0 spiro atoms. The van der Waals surface area contributed by atoms with Crippen molar-refractivity contribution in [2.45, 2.75) is 38.6 Å². The van der Waals surface area contributed by atoms with Crippen LogP contribution in [0.5, 0.6) is 0 Å². The van der Waals surface area contributed by atoms with E-state index in [1.165, 1.54) is 24.0 Å². The lowest BCUT2D eigenvalue weighted by atomic mass is 9.89. The Morgan fingerprint density at radius 2 is 1.96 bits per heavy atom. The number of aryl methyl sites for hydroxylation is 1. The highest BCUT2D eigenvalue weighted by atomic mass is 15.3. The molecule has 1 unspecified atom stereocenters. The Kier molecular flexibility index (Phi) is 3.68. The predicted octanol–water partition coefficient (Wildman–Crippen LogP) is 3.93. The maximum absolute atomic E-state index is 4.63. The van der Waals surface area contributed by atoms with E-state index in [0.29, 0.717) is 0 Å². The smallest absolute Gasteiger partial charge is 0.140 e. The molecule has 4 rings (SSSR count). The van der Waals surface area contributed by atoms with Crippen molar-refractivity contribution < 1.29 is 0 Å². The van der Waals surface area contributed by atoms with Gasteiger partial charge in [0.1, 0.15) is 12.1 Å². The Hall–Kier alpha value is -2.49. The van der Waals surface area contributed by atoms with Crippen molar-refractivity contribution in [3.63, 3.8) is 0 Å². The molecule has 0 aliphatic carbocycles. The lowest BCUT2D eigenvalue weighted by Gasteiger charge is -2.37. The lowest BCUT2D eigenvalue weighted by molar-refractivity contribution is 0.463. The van der Waals surface area contributed by atoms with Crippen LogP contribution in [0.2, 0.25) is 0 Å². The van der Waals surface area contributed by atoms with Crippen LogP contribution in [-0.2, 0) is 6.42 Å². The zero-order valence-electron chi connectivity index (χ0n) is 14.2. The molecule has 0 bridgehead atoms. The fraction of sp³-hybridized carbons (Fsp3) is 0.350. The molecule has 1 saturated heterocycles. The molecule has 24 heavy (non-hydrogen) atoms. The highest BCUT2D eigenvalue weighted by Crippen LogP contribution is 2.38. The van der Waals surface area contributed by atoms with Crippen molar-refractivity contribution in [2.24, 2.45) is 0 Å². The van der Waals surface area contributed by atoms with Gasteiger partial charge in [0.25, 0.3) is 0 Å². The first-order valence-corrected chi connectivity index (χ1v) is 8.54. The molecule has 0 amide bonds. The van der Waals surface area contributed by atoms with Crippen LogP contribution in [0.25, 0.3) is 10.9 Å². The van der Waals surface area contributed by atoms with E-state index in [4.69, 9.17) is 0 Å². The van der Waals surface area contributed by atoms with Gasteiger partial charge in [0.2, 0.25) is 0 Å². The van der Waals surface area contributed by atoms with Gasteiger partial charge in [0.05, 0.1) is 11.7 Å². The maximum Gasteiger partial charge on any atom is 0.140 e. The third kappa shape index (κ3) is 2.62. The number of nitrogens with zero attached hydrogens (tertiary/aromatic N) is 4. The van der Waals surface area contributed by atoms with Crippen molar-refractivity contribution in [3.8, 4) is 0 Å². The van der Waals surface area contributed by atoms with Crippen LogP contribution >= 0.6 is 0 Å². The molecule has 1 atom stereocenters. The molecule has 1 aromatic carbocycles. The summed E-state index contributed by atoms with van der Waals surface area (Å²) in [5, 5.41) is 1.09. The number of hydrogen-bond acceptors (Lipinski definition) is 4. The molecule has 0 N–H and O–H groups in total. The fourth-order valence-corrected chi connectivity index (χ4v) is 3.82. The van der Waals surface area contributed by atoms with E-state index in [-0.39, 0.29) is 5.54 Å². The number of anilines is 1. The van der Waals surface area contributed by atoms with E-state index in [2.05, 4.69) is 58.0 Å². The lowest BCUT2D eigenvalue weighted by Crippen LogP contribution is -2.43. The Bertz CT molecular complexity index is 854. The van der Waals surface area contributed by atoms with Crippen molar-refractivity contribution in [1.82, 2.24) is 15.0 Å². The van der Waals surface area contributed by atoms with Crippen molar-refractivity contribution in [1.29, 1.82) is 0 Å². The zero-order chi connectivity index (χ0) is 16.6. The Balaban J connectivity index is 1.72. The number of fused-ring (bicyclic) bond motifs is 1. The normalized spacial score (nSPS) is 20.7. The molecule has 1 aliphatic rings. The van der Waals surface area contributed by atoms with E-state index in [1.54, 1.807) is 6.33 Å². The summed E-state index contributed by atoms with van der Waals surface area (Å²) < 4.78 is 0. The van der Waals surface area contributed by atoms with Crippen molar-refractivity contribution >= 4 is 16.7 Å². The summed E-state index contributed by atoms with van der Waals surface area (Å²) in [6.07, 6.45) is 8.70. The number of aromatic nitrogens is 3. The number of pyridine rings is 1. The SMILES string of the molecule is Cc1ccc(CC2(C)CCCN2c2ncnc3cnccc23)cc1. The number of benzene rings is 1. The molecule has 0 saturated carbocycles. The van der Waals surface area contributed by atoms with Crippen LogP contribution in [-0.4, -0.2) is 27.0 Å². The van der Waals surface area contributed by atoms with Crippen LogP contribution in [0, 0.1) is 6.92 Å². The van der Waals surface area contributed by atoms with Gasteiger partial charge in [-0.3, -0.25) is 4.98 Å². The van der Waals surface area contributed by atoms with Crippen molar-refractivity contribution in [2.75, 3.05) is 11.4 Å². The highest BCUT2D eigenvalue weighted by Gasteiger charge is 2.38. The minimum Gasteiger partial charge on any atom is -0.350 e. The van der Waals surface area contributed by atoms with Gasteiger partial charge >= 0.3 is 0 Å². The van der Waals surface area contributed by atoms with Gasteiger partial charge in [-0.2, -0.15) is 0 Å². The van der Waals surface area contributed by atoms with Gasteiger partial charge in [-0.05, 0) is 44.7 Å². The molecule has 4 nitrogen and oxygen atoms in total. The van der Waals surface area contributed by atoms with E-state index in [9.17, 15) is 0 Å². The molecule has 1 aliphatic heterocycles. The second-order valence-corrected chi connectivity index (χ2v) is 7.00. The highest BCUT2D eigenvalue weighted by molar-refractivity contribution is 5.89. The van der Waals surface area contributed by atoms with Crippen molar-refractivity contribution in [3.05, 3.63) is 60.2 Å². The summed E-state index contributed by atoms with van der Waals surface area (Å²) in [5.41, 5.74) is 3.68. The largest absolute Gasteiger partial charge is 0.350 e. The third-order valence-corrected chi connectivity index (χ3v) is 5.13. The molecular formula is C20H22N4. The zero-order valence-corrected chi connectivity index (χ0v) is 14.2. The fourth-order valence-electron chi connectivity index (χ4n) is 3.82. The van der Waals surface area contributed by atoms with Crippen LogP contribution in [0.4, 0.5) is 5.82 Å². The van der Waals surface area contributed by atoms with E-state index in [0.717, 1.165) is 29.7 Å². The topological polar surface area (TPSA) is 41.9 Å². The number of rotatable bonds is 3. The van der Waals surface area contributed by atoms with Gasteiger partial charge in [-0.15, -0.1) is 0 Å². The molecule has 3 aromatic rings. The number of hydrogen-bond donors (Lipinski definition) is 0. The average molecular weight is 318 g/mol. The average Bonchev–Trinajstić information content (AvgIpc) is 2.97. The second-order valence-electron chi connectivity index (χ2n) is 7.00. The van der Waals surface area contributed by atoms with E-state index >= 15 is 0 Å². The van der Waals surface area contributed by atoms with Gasteiger partial charge in [0, 0.05) is 23.7 Å². The first-order valence-electron chi connectivity index (χ1n) is 8.54. The maximum atomic E-state index is 4.63. The molecule has 4 heteroatoms. The van der Waals surface area contributed by atoms with Gasteiger partial charge in [-0.25, -0.2) is 9.97 Å². The Morgan fingerprint density at radius 3 is 2.79 bits per heavy atom. The summed E-state index contributed by atoms with van der Waals surface area (Å²) in [6.45, 7) is 5.53. The van der Waals surface area contributed by atoms with Crippen LogP contribution in [0.15, 0.2) is 49.1 Å². The van der Waals surface area contributed by atoms with Crippen LogP contribution in [0.1, 0.15) is 30.9 Å². The molecule has 0 radical (unpaired) electrons. The molecule has 1 fully saturated rings. The van der Waals surface area contributed by atoms with Gasteiger partial charge in [0.15, 0.2) is 0 Å². The predicted molar refractivity (Wildman–Crippen MR) is 97.2 cm³/mol. The van der Waals surface area contributed by atoms with Gasteiger partial charge in [-0.1, -0.05) is 29.8 Å². The molecular weight excluding hydrogens is 296 g/mol. The summed E-state index contributed by atoms with van der Waals surface area (Å²) in [7, 11) is 0. The Morgan fingerprint density at radius 1 is 1.12 bits per heavy atom. The standard InChI is InChI=1S/C20H22N4/c1-15-4-6-16(7-5-15)12-20(2)9-3-11-24(20)19-17-8-10-21-13-18(17)22-14-23-19/h4-8,10,13-14H,3,9,11-12H2,1-2H3. The first-order chi connectivity index (χ1) is 11.7. The minimum atomic E-state index is 0.0831. The molecule has 3 heterocycles. The monoisotopic (exact) mass is 318 g/mol. The van der Waals surface area contributed by atoms with E-state index < -0.39 is 0 Å². The molecule has 2 aromatic heterocycles. The molecule has 122 valence electrons. The van der Waals surface area contributed by atoms with Crippen LogP contribution in [0.3, 0.4) is 0 Å². The Labute approximate surface area is 142 Å². The summed E-state index contributed by atoms with van der Waals surface area (Å²) in [6, 6.07) is 10.9. The van der Waals surface area contributed by atoms with Gasteiger partial charge < -0.3 is 4.90 Å². The van der Waals surface area contributed by atoms with E-state index in [1.807, 2.05) is 18.5 Å². The van der Waals surface area contributed by atoms with Crippen LogP contribution < -0.4 is 4.90 Å². The minimum absolute atomic E-state index is 0.0831. The third-order valence-electron chi connectivity index (χ3n) is 5.13. The quantitative estimate of drug-likeness (QED) is 0.733. The summed E-state index contributed by atoms with van der Waals surface area (Å²) in [4.78, 5) is 15.6. The summed E-state index contributed by atoms with van der Waals surface area (Å²) in [5.74, 6) is 1.04. The summed E-state index contributed by atoms with van der Waals surface area (Å²) >= 11 is 0. The second kappa shape index (κ2) is 5.86.